The molecule has 0 radical (unpaired) electrons. The largest absolute Gasteiger partial charge is 0.463 e. The molecule has 0 bridgehead atoms. The quantitative estimate of drug-likeness (QED) is 0.346. The second kappa shape index (κ2) is 9.30. The smallest absolute Gasteiger partial charge is 0.345 e. The number of aryl methyl sites for hydroxylation is 3. The van der Waals surface area contributed by atoms with Gasteiger partial charge in [0.05, 0.1) is 6.54 Å². The first kappa shape index (κ1) is 21.2. The maximum atomic E-state index is 12.4. The molecule has 0 fully saturated rings. The van der Waals surface area contributed by atoms with E-state index in [1.54, 1.807) is 22.2 Å². The Balaban J connectivity index is 1.52. The van der Waals surface area contributed by atoms with Gasteiger partial charge >= 0.3 is 5.69 Å². The number of hydrogen-bond donors (Lipinski definition) is 3. The number of hydrogen-bond acceptors (Lipinski definition) is 5. The van der Waals surface area contributed by atoms with Crippen LogP contribution in [-0.4, -0.2) is 45.0 Å². The minimum Gasteiger partial charge on any atom is -0.463 e. The number of fused-ring (bicyclic) bond motifs is 1. The lowest BCUT2D eigenvalue weighted by molar-refractivity contribution is 0.0428. The van der Waals surface area contributed by atoms with Crippen LogP contribution >= 0.6 is 0 Å². The molecule has 9 nitrogen and oxygen atoms in total. The first-order chi connectivity index (χ1) is 13.9. The first-order valence-electron chi connectivity index (χ1n) is 10.4. The Kier molecular flexibility index (Phi) is 6.79. The Labute approximate surface area is 170 Å². The van der Waals surface area contributed by atoms with Crippen molar-refractivity contribution in [3.63, 3.8) is 0 Å². The van der Waals surface area contributed by atoms with Crippen LogP contribution in [0.1, 0.15) is 50.5 Å². The average molecular weight is 405 g/mol. The highest BCUT2D eigenvalue weighted by Gasteiger charge is 2.26. The zero-order valence-electron chi connectivity index (χ0n) is 17.6. The summed E-state index contributed by atoms with van der Waals surface area (Å²) in [4.78, 5) is 16.8. The van der Waals surface area contributed by atoms with Crippen molar-refractivity contribution in [3.05, 3.63) is 40.0 Å². The van der Waals surface area contributed by atoms with Crippen molar-refractivity contribution in [3.8, 4) is 0 Å². The SMILES string of the molecule is CCNC(=NCC(C)(O)c1ccc(C)o1)NCCCn1nc2n(c1=O)CCCC2. The highest BCUT2D eigenvalue weighted by molar-refractivity contribution is 5.79. The van der Waals surface area contributed by atoms with E-state index in [0.29, 0.717) is 31.4 Å². The average Bonchev–Trinajstić information content (AvgIpc) is 3.28. The van der Waals surface area contributed by atoms with Crippen molar-refractivity contribution >= 4 is 5.96 Å². The summed E-state index contributed by atoms with van der Waals surface area (Å²) in [5, 5.41) is 21.5. The molecule has 0 aliphatic carbocycles. The van der Waals surface area contributed by atoms with E-state index < -0.39 is 5.60 Å². The molecular weight excluding hydrogens is 372 g/mol. The zero-order chi connectivity index (χ0) is 20.9. The van der Waals surface area contributed by atoms with Gasteiger partial charge in [-0.1, -0.05) is 0 Å². The Morgan fingerprint density at radius 3 is 2.90 bits per heavy atom. The van der Waals surface area contributed by atoms with Gasteiger partial charge in [-0.2, -0.15) is 5.10 Å². The summed E-state index contributed by atoms with van der Waals surface area (Å²) < 4.78 is 8.89. The maximum absolute atomic E-state index is 12.4. The lowest BCUT2D eigenvalue weighted by Crippen LogP contribution is -2.39. The van der Waals surface area contributed by atoms with Gasteiger partial charge in [0.1, 0.15) is 22.9 Å². The molecule has 0 saturated heterocycles. The first-order valence-corrected chi connectivity index (χ1v) is 10.4. The number of aliphatic hydroxyl groups is 1. The predicted molar refractivity (Wildman–Crippen MR) is 111 cm³/mol. The monoisotopic (exact) mass is 404 g/mol. The fraction of sp³-hybridized carbons (Fsp3) is 0.650. The molecule has 0 aromatic carbocycles. The highest BCUT2D eigenvalue weighted by atomic mass is 16.4. The molecule has 2 aromatic rings. The fourth-order valence-electron chi connectivity index (χ4n) is 3.41. The molecule has 3 rings (SSSR count). The molecule has 1 unspecified atom stereocenters. The second-order valence-electron chi connectivity index (χ2n) is 7.69. The molecule has 1 atom stereocenters. The van der Waals surface area contributed by atoms with E-state index in [2.05, 4.69) is 20.7 Å². The molecule has 0 spiro atoms. The van der Waals surface area contributed by atoms with Crippen LogP contribution in [-0.2, 0) is 25.1 Å². The van der Waals surface area contributed by atoms with E-state index in [0.717, 1.165) is 43.8 Å². The van der Waals surface area contributed by atoms with Gasteiger partial charge in [0.15, 0.2) is 5.96 Å². The lowest BCUT2D eigenvalue weighted by Gasteiger charge is -2.19. The number of nitrogens with one attached hydrogen (secondary N) is 2. The Bertz CT molecular complexity index is 892. The molecule has 2 aromatic heterocycles. The molecule has 1 aliphatic rings. The van der Waals surface area contributed by atoms with Gasteiger partial charge < -0.3 is 20.2 Å². The second-order valence-corrected chi connectivity index (χ2v) is 7.69. The van der Waals surface area contributed by atoms with E-state index in [1.807, 2.05) is 19.9 Å². The molecule has 3 N–H and O–H groups in total. The zero-order valence-corrected chi connectivity index (χ0v) is 17.6. The Morgan fingerprint density at radius 1 is 1.38 bits per heavy atom. The molecule has 9 heteroatoms. The van der Waals surface area contributed by atoms with Crippen LogP contribution in [0.5, 0.6) is 0 Å². The maximum Gasteiger partial charge on any atom is 0.345 e. The summed E-state index contributed by atoms with van der Waals surface area (Å²) in [5.74, 6) is 2.77. The third-order valence-corrected chi connectivity index (χ3v) is 5.03. The van der Waals surface area contributed by atoms with Gasteiger partial charge in [0.2, 0.25) is 0 Å². The summed E-state index contributed by atoms with van der Waals surface area (Å²) in [6, 6.07) is 3.60. The van der Waals surface area contributed by atoms with Crippen molar-refractivity contribution in [1.82, 2.24) is 25.0 Å². The van der Waals surface area contributed by atoms with E-state index >= 15 is 0 Å². The molecule has 3 heterocycles. The Hall–Kier alpha value is -2.55. The van der Waals surface area contributed by atoms with Gasteiger partial charge in [0.25, 0.3) is 0 Å². The van der Waals surface area contributed by atoms with Crippen LogP contribution in [0, 0.1) is 6.92 Å². The van der Waals surface area contributed by atoms with E-state index in [-0.39, 0.29) is 12.2 Å². The summed E-state index contributed by atoms with van der Waals surface area (Å²) in [6.07, 6.45) is 3.77. The van der Waals surface area contributed by atoms with Crippen molar-refractivity contribution < 1.29 is 9.52 Å². The van der Waals surface area contributed by atoms with Crippen LogP contribution in [0.3, 0.4) is 0 Å². The number of guanidine groups is 1. The number of aliphatic imine (C=N–C) groups is 1. The van der Waals surface area contributed by atoms with Crippen molar-refractivity contribution in [2.45, 2.75) is 65.1 Å². The van der Waals surface area contributed by atoms with Crippen molar-refractivity contribution in [2.24, 2.45) is 4.99 Å². The van der Waals surface area contributed by atoms with Crippen molar-refractivity contribution in [1.29, 1.82) is 0 Å². The number of nitrogens with zero attached hydrogens (tertiary/aromatic N) is 4. The molecule has 0 saturated carbocycles. The molecule has 1 aliphatic heterocycles. The van der Waals surface area contributed by atoms with Crippen LogP contribution < -0.4 is 16.3 Å². The van der Waals surface area contributed by atoms with E-state index in [4.69, 9.17) is 4.42 Å². The minimum absolute atomic E-state index is 0.00920. The number of rotatable bonds is 8. The van der Waals surface area contributed by atoms with Crippen LogP contribution in [0.2, 0.25) is 0 Å². The molecule has 160 valence electrons. The van der Waals surface area contributed by atoms with E-state index in [9.17, 15) is 9.90 Å². The number of aromatic nitrogens is 3. The summed E-state index contributed by atoms with van der Waals surface area (Å²) in [5.41, 5.74) is -1.19. The summed E-state index contributed by atoms with van der Waals surface area (Å²) in [7, 11) is 0. The topological polar surface area (TPSA) is 110 Å². The van der Waals surface area contributed by atoms with Crippen LogP contribution in [0.4, 0.5) is 0 Å². The van der Waals surface area contributed by atoms with Gasteiger partial charge in [-0.25, -0.2) is 14.5 Å². The lowest BCUT2D eigenvalue weighted by atomic mass is 10.0. The molecule has 0 amide bonds. The van der Waals surface area contributed by atoms with Gasteiger partial charge in [-0.15, -0.1) is 0 Å². The standard InChI is InChI=1S/C20H32N6O3/c1-4-21-18(23-14-20(3,28)16-10-9-15(2)29-16)22-11-7-13-26-19(27)25-12-6-5-8-17(25)24-26/h9-10,28H,4-8,11-14H2,1-3H3,(H2,21,22,23). The van der Waals surface area contributed by atoms with Gasteiger partial charge in [-0.3, -0.25) is 4.57 Å². The van der Waals surface area contributed by atoms with Gasteiger partial charge in [0, 0.05) is 32.6 Å². The van der Waals surface area contributed by atoms with Crippen LogP contribution in [0.15, 0.2) is 26.3 Å². The Morgan fingerprint density at radius 2 is 2.21 bits per heavy atom. The molecule has 29 heavy (non-hydrogen) atoms. The van der Waals surface area contributed by atoms with Crippen molar-refractivity contribution in [2.75, 3.05) is 19.6 Å². The summed E-state index contributed by atoms with van der Waals surface area (Å²) >= 11 is 0. The summed E-state index contributed by atoms with van der Waals surface area (Å²) in [6.45, 7) is 8.38. The third-order valence-electron chi connectivity index (χ3n) is 5.03. The third kappa shape index (κ3) is 5.29. The van der Waals surface area contributed by atoms with Gasteiger partial charge in [-0.05, 0) is 52.2 Å². The predicted octanol–water partition coefficient (Wildman–Crippen LogP) is 1.14. The van der Waals surface area contributed by atoms with Crippen LogP contribution in [0.25, 0.3) is 0 Å². The fourth-order valence-corrected chi connectivity index (χ4v) is 3.41. The van der Waals surface area contributed by atoms with E-state index in [1.165, 1.54) is 0 Å². The minimum atomic E-state index is -1.18. The molecular formula is C20H32N6O3. The number of furan rings is 1. The normalized spacial score (nSPS) is 16.3. The highest BCUT2D eigenvalue weighted by Crippen LogP contribution is 2.23.